The molecule has 2 aromatic carbocycles. The van der Waals surface area contributed by atoms with E-state index in [0.717, 1.165) is 41.9 Å². The monoisotopic (exact) mass is 633 g/mol. The number of carbonyl (C=O) groups excluding carboxylic acids is 3. The summed E-state index contributed by atoms with van der Waals surface area (Å²) in [6.45, 7) is 4.07. The molecule has 6 atom stereocenters. The Hall–Kier alpha value is -4.09. The summed E-state index contributed by atoms with van der Waals surface area (Å²) in [7, 11) is 1.31. The minimum atomic E-state index is -1.41. The number of thioether (sulfide) groups is 1. The Morgan fingerprint density at radius 1 is 1.18 bits per heavy atom. The maximum Gasteiger partial charge on any atom is 0.339 e. The van der Waals surface area contributed by atoms with Gasteiger partial charge >= 0.3 is 11.9 Å². The number of amides is 1. The average molecular weight is 634 g/mol. The van der Waals surface area contributed by atoms with Crippen molar-refractivity contribution in [3.8, 4) is 11.5 Å². The molecule has 2 saturated heterocycles. The molecule has 45 heavy (non-hydrogen) atoms. The second-order valence-corrected chi connectivity index (χ2v) is 14.1. The summed E-state index contributed by atoms with van der Waals surface area (Å²) < 4.78 is 11.3. The van der Waals surface area contributed by atoms with E-state index in [1.54, 1.807) is 6.08 Å². The van der Waals surface area contributed by atoms with Gasteiger partial charge in [-0.15, -0.1) is 0 Å². The zero-order valence-electron chi connectivity index (χ0n) is 25.2. The summed E-state index contributed by atoms with van der Waals surface area (Å²) in [6.07, 6.45) is 7.67. The predicted molar refractivity (Wildman–Crippen MR) is 166 cm³/mol. The molecule has 1 amide bonds. The fraction of sp³-hybridized carbons (Fsp3) is 0.412. The van der Waals surface area contributed by atoms with Crippen molar-refractivity contribution in [2.75, 3.05) is 12.4 Å². The summed E-state index contributed by atoms with van der Waals surface area (Å²) in [6, 6.07) is 9.66. The third-order valence-electron chi connectivity index (χ3n) is 10.2. The largest absolute Gasteiger partial charge is 0.506 e. The second kappa shape index (κ2) is 11.1. The van der Waals surface area contributed by atoms with Crippen LogP contribution in [0.4, 0.5) is 5.69 Å². The lowest BCUT2D eigenvalue weighted by atomic mass is 9.51. The van der Waals surface area contributed by atoms with Crippen molar-refractivity contribution in [1.29, 1.82) is 0 Å². The minimum Gasteiger partial charge on any atom is -0.506 e. The summed E-state index contributed by atoms with van der Waals surface area (Å²) in [5.41, 5.74) is -1.54. The van der Waals surface area contributed by atoms with Gasteiger partial charge in [-0.3, -0.25) is 9.59 Å². The molecule has 236 valence electrons. The minimum absolute atomic E-state index is 0.0763. The highest BCUT2D eigenvalue weighted by atomic mass is 32.2. The zero-order valence-corrected chi connectivity index (χ0v) is 26.0. The SMILES string of the molecule is COC(=O)/C=C/c1cccc(SC2=C[C@]34C[C@H]5C[C@H](O[C@@]5(C)C3)[C@H]4[C@](C)(CCC(=O)Nc3c(O)ccc(C(=O)O)c3O)C2=O)c1. The van der Waals surface area contributed by atoms with Crippen LogP contribution in [0.3, 0.4) is 0 Å². The molecule has 4 N–H and O–H groups in total. The van der Waals surface area contributed by atoms with Crippen LogP contribution in [-0.2, 0) is 23.9 Å². The highest BCUT2D eigenvalue weighted by Crippen LogP contribution is 2.72. The van der Waals surface area contributed by atoms with E-state index >= 15 is 0 Å². The molecule has 11 heteroatoms. The summed E-state index contributed by atoms with van der Waals surface area (Å²) >= 11 is 1.38. The molecule has 5 aliphatic rings. The van der Waals surface area contributed by atoms with Gasteiger partial charge in [-0.05, 0) is 79.8 Å². The number of carbonyl (C=O) groups is 4. The number of hydrogen-bond acceptors (Lipinski definition) is 9. The average Bonchev–Trinajstić information content (AvgIpc) is 3.36. The van der Waals surface area contributed by atoms with Gasteiger partial charge in [-0.2, -0.15) is 0 Å². The van der Waals surface area contributed by atoms with Crippen molar-refractivity contribution in [3.63, 3.8) is 0 Å². The van der Waals surface area contributed by atoms with Crippen molar-refractivity contribution in [1.82, 2.24) is 0 Å². The first-order valence-corrected chi connectivity index (χ1v) is 15.7. The molecule has 10 nitrogen and oxygen atoms in total. The van der Waals surface area contributed by atoms with Crippen molar-refractivity contribution >= 4 is 47.2 Å². The normalized spacial score (nSPS) is 31.1. The third-order valence-corrected chi connectivity index (χ3v) is 11.2. The van der Waals surface area contributed by atoms with Crippen molar-refractivity contribution in [2.45, 2.75) is 62.6 Å². The van der Waals surface area contributed by atoms with Crippen molar-refractivity contribution in [2.24, 2.45) is 22.7 Å². The maximum atomic E-state index is 14.5. The van der Waals surface area contributed by atoms with Crippen LogP contribution in [0.1, 0.15) is 61.9 Å². The molecule has 3 aliphatic carbocycles. The quantitative estimate of drug-likeness (QED) is 0.157. The topological polar surface area (TPSA) is 159 Å². The first-order valence-electron chi connectivity index (χ1n) is 14.9. The predicted octanol–water partition coefficient (Wildman–Crippen LogP) is 5.54. The maximum absolute atomic E-state index is 14.5. The molecule has 0 aromatic heterocycles. The number of rotatable bonds is 9. The fourth-order valence-corrected chi connectivity index (χ4v) is 9.55. The molecule has 0 unspecified atom stereocenters. The number of carboxylic acids is 1. The van der Waals surface area contributed by atoms with E-state index in [4.69, 9.17) is 4.74 Å². The van der Waals surface area contributed by atoms with E-state index in [1.807, 2.05) is 31.2 Å². The number of aromatic hydroxyl groups is 2. The number of Topliss-reactive ketones (excluding diaryl/α,β-unsaturated/α-hetero) is 1. The molecule has 2 aliphatic heterocycles. The van der Waals surface area contributed by atoms with E-state index in [0.29, 0.717) is 10.8 Å². The number of ketones is 1. The number of ether oxygens (including phenoxy) is 2. The number of hydrogen-bond donors (Lipinski definition) is 4. The van der Waals surface area contributed by atoms with Gasteiger partial charge in [-0.1, -0.05) is 36.9 Å². The summed E-state index contributed by atoms with van der Waals surface area (Å²) in [4.78, 5) is 52.2. The molecule has 0 radical (unpaired) electrons. The number of aromatic carboxylic acids is 1. The number of anilines is 1. The third kappa shape index (κ3) is 5.21. The van der Waals surface area contributed by atoms with Gasteiger partial charge in [0, 0.05) is 28.7 Å². The Morgan fingerprint density at radius 3 is 2.67 bits per heavy atom. The van der Waals surface area contributed by atoms with Crippen molar-refractivity contribution < 1.29 is 44.0 Å². The van der Waals surface area contributed by atoms with Gasteiger partial charge in [0.05, 0.1) is 23.7 Å². The Bertz CT molecular complexity index is 1680. The van der Waals surface area contributed by atoms with Gasteiger partial charge in [-0.25, -0.2) is 9.59 Å². The van der Waals surface area contributed by atoms with Crippen LogP contribution in [0.5, 0.6) is 11.5 Å². The van der Waals surface area contributed by atoms with Crippen LogP contribution in [0.25, 0.3) is 6.08 Å². The number of nitrogens with one attached hydrogen (secondary N) is 1. The molecule has 2 heterocycles. The fourth-order valence-electron chi connectivity index (χ4n) is 8.33. The van der Waals surface area contributed by atoms with E-state index in [9.17, 15) is 34.5 Å². The molecule has 1 spiro atoms. The number of allylic oxidation sites excluding steroid dienone is 2. The van der Waals surface area contributed by atoms with Crippen LogP contribution in [-0.4, -0.2) is 57.8 Å². The lowest BCUT2D eigenvalue weighted by Crippen LogP contribution is -2.57. The molecule has 2 aromatic rings. The smallest absolute Gasteiger partial charge is 0.339 e. The van der Waals surface area contributed by atoms with E-state index < -0.39 is 40.3 Å². The standard InChI is InChI=1S/C34H35NO9S/c1-32(12-11-25(37)35-27-22(36)9-8-21(28(27)39)31(41)42)29-23-14-19-15-34(29,17-33(19,2)44-23)16-24(30(32)40)45-20-6-4-5-18(13-20)7-10-26(38)43-3/h4-10,13,16,19,23,29,36,39H,11-12,14-15,17H2,1-3H3,(H,35,37)(H,41,42)/b10-7+/t19-,23+,29+,32+,33+,34-/m1/s1. The molecule has 4 fully saturated rings. The lowest BCUT2D eigenvalue weighted by Gasteiger charge is -2.56. The molecule has 2 saturated carbocycles. The number of phenolic OH excluding ortho intramolecular Hbond substituents is 1. The van der Waals surface area contributed by atoms with Crippen LogP contribution in [0.15, 0.2) is 58.4 Å². The Kier molecular flexibility index (Phi) is 7.60. The Morgan fingerprint density at radius 2 is 1.96 bits per heavy atom. The number of esters is 1. The van der Waals surface area contributed by atoms with Crippen molar-refractivity contribution in [3.05, 3.63) is 64.6 Å². The van der Waals surface area contributed by atoms with E-state index in [-0.39, 0.29) is 47.4 Å². The second-order valence-electron chi connectivity index (χ2n) is 13.0. The van der Waals surface area contributed by atoms with Gasteiger partial charge in [0.1, 0.15) is 17.0 Å². The molecule has 4 bridgehead atoms. The van der Waals surface area contributed by atoms with Crippen LogP contribution < -0.4 is 5.32 Å². The summed E-state index contributed by atoms with van der Waals surface area (Å²) in [5, 5.41) is 32.4. The van der Waals surface area contributed by atoms with Gasteiger partial charge < -0.3 is 30.1 Å². The number of benzene rings is 2. The Balaban J connectivity index is 1.29. The zero-order chi connectivity index (χ0) is 32.3. The first-order chi connectivity index (χ1) is 21.3. The molecule has 7 rings (SSSR count). The highest BCUT2D eigenvalue weighted by Gasteiger charge is 2.72. The summed E-state index contributed by atoms with van der Waals surface area (Å²) in [5.74, 6) is -3.48. The van der Waals surface area contributed by atoms with Crippen LogP contribution in [0.2, 0.25) is 0 Å². The Labute approximate surface area is 264 Å². The van der Waals surface area contributed by atoms with E-state index in [1.165, 1.54) is 24.9 Å². The molecular weight excluding hydrogens is 598 g/mol. The van der Waals surface area contributed by atoms with E-state index in [2.05, 4.69) is 23.1 Å². The van der Waals surface area contributed by atoms with Crippen LogP contribution in [0, 0.1) is 22.7 Å². The van der Waals surface area contributed by atoms with Crippen LogP contribution >= 0.6 is 11.8 Å². The number of methoxy groups -OCH3 is 1. The highest BCUT2D eigenvalue weighted by molar-refractivity contribution is 8.04. The van der Waals surface area contributed by atoms with Gasteiger partial charge in [0.15, 0.2) is 11.5 Å². The molecular formula is C34H35NO9S. The number of carboxylic acid groups (broad SMARTS) is 1. The van der Waals surface area contributed by atoms with Gasteiger partial charge in [0.25, 0.3) is 0 Å². The number of phenols is 2. The first kappa shape index (κ1) is 30.9. The van der Waals surface area contributed by atoms with Gasteiger partial charge in [0.2, 0.25) is 5.91 Å². The lowest BCUT2D eigenvalue weighted by molar-refractivity contribution is -0.169.